The topological polar surface area (TPSA) is 89.6 Å². The fourth-order valence-corrected chi connectivity index (χ4v) is 3.71. The van der Waals surface area contributed by atoms with Crippen LogP contribution in [-0.4, -0.2) is 34.6 Å². The molecule has 4 aromatic rings. The van der Waals surface area contributed by atoms with Crippen molar-refractivity contribution in [2.45, 2.75) is 38.3 Å². The molecule has 28 heavy (non-hydrogen) atoms. The van der Waals surface area contributed by atoms with Gasteiger partial charge in [-0.2, -0.15) is 0 Å². The molecule has 0 bridgehead atoms. The van der Waals surface area contributed by atoms with Gasteiger partial charge in [0.05, 0.1) is 17.4 Å². The van der Waals surface area contributed by atoms with E-state index in [1.54, 1.807) is 26.2 Å². The third-order valence-corrected chi connectivity index (χ3v) is 5.09. The Bertz CT molecular complexity index is 1150. The number of hydrogen-bond donors (Lipinski definition) is 1. The highest BCUT2D eigenvalue weighted by Gasteiger charge is 2.28. The van der Waals surface area contributed by atoms with Crippen LogP contribution in [0.1, 0.15) is 43.7 Å². The molecule has 0 aromatic carbocycles. The van der Waals surface area contributed by atoms with Crippen LogP contribution in [0.3, 0.4) is 0 Å². The predicted octanol–water partition coefficient (Wildman–Crippen LogP) is 3.05. The molecule has 7 heteroatoms. The first-order valence-electron chi connectivity index (χ1n) is 9.35. The molecular formula is C21H20N6O. The van der Waals surface area contributed by atoms with Crippen LogP contribution >= 0.6 is 0 Å². The molecule has 0 saturated carbocycles. The lowest BCUT2D eigenvalue weighted by Crippen LogP contribution is -2.19. The van der Waals surface area contributed by atoms with Gasteiger partial charge in [-0.25, -0.2) is 19.9 Å². The molecule has 1 atom stereocenters. The first-order valence-corrected chi connectivity index (χ1v) is 9.35. The van der Waals surface area contributed by atoms with Crippen molar-refractivity contribution in [3.05, 3.63) is 66.3 Å². The second-order valence-corrected chi connectivity index (χ2v) is 7.60. The molecule has 5 rings (SSSR count). The van der Waals surface area contributed by atoms with Crippen molar-refractivity contribution in [2.24, 2.45) is 0 Å². The molecule has 5 heterocycles. The van der Waals surface area contributed by atoms with E-state index < -0.39 is 5.60 Å². The van der Waals surface area contributed by atoms with E-state index in [1.807, 2.05) is 30.5 Å². The van der Waals surface area contributed by atoms with E-state index in [0.29, 0.717) is 5.82 Å². The zero-order valence-electron chi connectivity index (χ0n) is 15.7. The van der Waals surface area contributed by atoms with Crippen LogP contribution in [0.4, 0.5) is 0 Å². The Morgan fingerprint density at radius 1 is 1.04 bits per heavy atom. The minimum Gasteiger partial charge on any atom is -0.382 e. The van der Waals surface area contributed by atoms with Crippen molar-refractivity contribution in [2.75, 3.05) is 0 Å². The highest BCUT2D eigenvalue weighted by Crippen LogP contribution is 2.34. The molecule has 0 aliphatic carbocycles. The SMILES string of the molecule is CC(C)(O)c1ncc(-c2ccc3nc4n(c3n2)C(c2ccccn2)CC4)cn1. The van der Waals surface area contributed by atoms with E-state index in [2.05, 4.69) is 25.6 Å². The molecule has 1 unspecified atom stereocenters. The maximum absolute atomic E-state index is 10.0. The van der Waals surface area contributed by atoms with Gasteiger partial charge in [0.2, 0.25) is 0 Å². The van der Waals surface area contributed by atoms with Crippen molar-refractivity contribution in [1.29, 1.82) is 0 Å². The third-order valence-electron chi connectivity index (χ3n) is 5.09. The van der Waals surface area contributed by atoms with Crippen LogP contribution in [0.25, 0.3) is 22.4 Å². The maximum Gasteiger partial charge on any atom is 0.161 e. The summed E-state index contributed by atoms with van der Waals surface area (Å²) in [6.45, 7) is 3.33. The van der Waals surface area contributed by atoms with Gasteiger partial charge in [-0.05, 0) is 44.5 Å². The van der Waals surface area contributed by atoms with E-state index in [-0.39, 0.29) is 6.04 Å². The number of imidazole rings is 1. The molecular weight excluding hydrogens is 352 g/mol. The average Bonchev–Trinajstić information content (AvgIpc) is 3.27. The molecule has 1 aliphatic heterocycles. The first kappa shape index (κ1) is 16.9. The number of aliphatic hydroxyl groups is 1. The minimum absolute atomic E-state index is 0.151. The van der Waals surface area contributed by atoms with Gasteiger partial charge < -0.3 is 9.67 Å². The van der Waals surface area contributed by atoms with Gasteiger partial charge in [-0.1, -0.05) is 6.07 Å². The zero-order valence-corrected chi connectivity index (χ0v) is 15.7. The monoisotopic (exact) mass is 372 g/mol. The van der Waals surface area contributed by atoms with Crippen LogP contribution in [0.5, 0.6) is 0 Å². The Labute approximate surface area is 162 Å². The predicted molar refractivity (Wildman–Crippen MR) is 104 cm³/mol. The van der Waals surface area contributed by atoms with Crippen molar-refractivity contribution >= 4 is 11.2 Å². The van der Waals surface area contributed by atoms with Crippen LogP contribution in [0, 0.1) is 0 Å². The number of fused-ring (bicyclic) bond motifs is 3. The summed E-state index contributed by atoms with van der Waals surface area (Å²) in [5.74, 6) is 1.43. The van der Waals surface area contributed by atoms with E-state index in [0.717, 1.165) is 46.8 Å². The van der Waals surface area contributed by atoms with Gasteiger partial charge in [0.25, 0.3) is 0 Å². The summed E-state index contributed by atoms with van der Waals surface area (Å²) in [6, 6.07) is 10.1. The normalized spacial score (nSPS) is 16.5. The van der Waals surface area contributed by atoms with Gasteiger partial charge in [-0.15, -0.1) is 0 Å². The largest absolute Gasteiger partial charge is 0.382 e. The van der Waals surface area contributed by atoms with Crippen LogP contribution in [0.2, 0.25) is 0 Å². The number of aromatic nitrogens is 6. The molecule has 7 nitrogen and oxygen atoms in total. The van der Waals surface area contributed by atoms with Crippen molar-refractivity contribution in [3.8, 4) is 11.3 Å². The molecule has 4 aromatic heterocycles. The number of hydrogen-bond acceptors (Lipinski definition) is 6. The number of rotatable bonds is 3. The van der Waals surface area contributed by atoms with Crippen LogP contribution in [0.15, 0.2) is 48.9 Å². The summed E-state index contributed by atoms with van der Waals surface area (Å²) in [4.78, 5) is 22.8. The lowest BCUT2D eigenvalue weighted by molar-refractivity contribution is 0.0687. The molecule has 0 radical (unpaired) electrons. The molecule has 140 valence electrons. The smallest absolute Gasteiger partial charge is 0.161 e. The number of pyridine rings is 2. The van der Waals surface area contributed by atoms with Gasteiger partial charge in [0, 0.05) is 30.6 Å². The second-order valence-electron chi connectivity index (χ2n) is 7.60. The summed E-state index contributed by atoms with van der Waals surface area (Å²) < 4.78 is 2.20. The molecule has 1 N–H and O–H groups in total. The van der Waals surface area contributed by atoms with E-state index in [4.69, 9.17) is 9.97 Å². The highest BCUT2D eigenvalue weighted by molar-refractivity contribution is 5.76. The van der Waals surface area contributed by atoms with Crippen molar-refractivity contribution in [3.63, 3.8) is 0 Å². The fraction of sp³-hybridized carbons (Fsp3) is 0.286. The molecule has 0 fully saturated rings. The quantitative estimate of drug-likeness (QED) is 0.594. The Hall–Kier alpha value is -3.19. The second kappa shape index (κ2) is 6.17. The van der Waals surface area contributed by atoms with Gasteiger partial charge in [0.15, 0.2) is 11.5 Å². The molecule has 1 aliphatic rings. The maximum atomic E-state index is 10.0. The van der Waals surface area contributed by atoms with E-state index in [1.165, 1.54) is 0 Å². The van der Waals surface area contributed by atoms with Gasteiger partial charge in [0.1, 0.15) is 16.9 Å². The Morgan fingerprint density at radius 2 is 1.86 bits per heavy atom. The van der Waals surface area contributed by atoms with Crippen molar-refractivity contribution < 1.29 is 5.11 Å². The lowest BCUT2D eigenvalue weighted by Gasteiger charge is -2.15. The Balaban J connectivity index is 1.59. The molecule has 0 saturated heterocycles. The fourth-order valence-electron chi connectivity index (χ4n) is 3.71. The summed E-state index contributed by atoms with van der Waals surface area (Å²) in [7, 11) is 0. The molecule has 0 amide bonds. The minimum atomic E-state index is -1.07. The highest BCUT2D eigenvalue weighted by atomic mass is 16.3. The summed E-state index contributed by atoms with van der Waals surface area (Å²) in [6.07, 6.45) is 7.12. The van der Waals surface area contributed by atoms with Gasteiger partial charge in [-0.3, -0.25) is 4.98 Å². The standard InChI is InChI=1S/C21H20N6O/c1-21(2,28)20-23-11-13(12-24-20)14-6-7-16-19(26-14)27-17(8-9-18(27)25-16)15-5-3-4-10-22-15/h3-7,10-12,17,28H,8-9H2,1-2H3. The average molecular weight is 372 g/mol. The van der Waals surface area contributed by atoms with E-state index >= 15 is 0 Å². The Kier molecular flexibility index (Phi) is 3.73. The number of aryl methyl sites for hydroxylation is 1. The van der Waals surface area contributed by atoms with Crippen molar-refractivity contribution in [1.82, 2.24) is 29.5 Å². The zero-order chi connectivity index (χ0) is 19.3. The summed E-state index contributed by atoms with van der Waals surface area (Å²) >= 11 is 0. The summed E-state index contributed by atoms with van der Waals surface area (Å²) in [5.41, 5.74) is 3.28. The van der Waals surface area contributed by atoms with Crippen LogP contribution < -0.4 is 0 Å². The lowest BCUT2D eigenvalue weighted by atomic mass is 10.1. The van der Waals surface area contributed by atoms with Crippen LogP contribution in [-0.2, 0) is 12.0 Å². The first-order chi connectivity index (χ1) is 13.5. The third kappa shape index (κ3) is 2.75. The van der Waals surface area contributed by atoms with E-state index in [9.17, 15) is 5.11 Å². The Morgan fingerprint density at radius 3 is 2.57 bits per heavy atom. The van der Waals surface area contributed by atoms with Gasteiger partial charge >= 0.3 is 0 Å². The summed E-state index contributed by atoms with van der Waals surface area (Å²) in [5, 5.41) is 10.0. The number of nitrogens with zero attached hydrogens (tertiary/aromatic N) is 6. The molecule has 0 spiro atoms.